The van der Waals surface area contributed by atoms with E-state index in [2.05, 4.69) is 4.42 Å². The Morgan fingerprint density at radius 2 is 2.19 bits per heavy atom. The van der Waals surface area contributed by atoms with E-state index in [1.807, 2.05) is 0 Å². The molecule has 0 aliphatic heterocycles. The number of methoxy groups -OCH3 is 1. The number of nitrogens with zero attached hydrogens (tertiary/aromatic N) is 1. The summed E-state index contributed by atoms with van der Waals surface area (Å²) in [7, 11) is 1.44. The van der Waals surface area contributed by atoms with Gasteiger partial charge in [-0.3, -0.25) is 0 Å². The molecule has 0 bridgehead atoms. The second-order valence-corrected chi connectivity index (χ2v) is 3.12. The maximum absolute atomic E-state index is 11.5. The SMILES string of the molecule is COc1cc(O)c2c(=O)oc(C#N)cc2c1. The molecule has 1 aromatic carbocycles. The maximum Gasteiger partial charge on any atom is 0.348 e. The number of aromatic hydroxyl groups is 1. The van der Waals surface area contributed by atoms with Crippen molar-refractivity contribution in [1.29, 1.82) is 5.26 Å². The normalized spacial score (nSPS) is 10.0. The number of benzene rings is 1. The highest BCUT2D eigenvalue weighted by molar-refractivity contribution is 5.88. The highest BCUT2D eigenvalue weighted by Gasteiger charge is 2.10. The Hall–Kier alpha value is -2.48. The van der Waals surface area contributed by atoms with Gasteiger partial charge in [0.05, 0.1) is 7.11 Å². The van der Waals surface area contributed by atoms with E-state index < -0.39 is 5.63 Å². The highest BCUT2D eigenvalue weighted by Crippen LogP contribution is 2.28. The summed E-state index contributed by atoms with van der Waals surface area (Å²) in [5.41, 5.74) is -0.741. The van der Waals surface area contributed by atoms with E-state index in [9.17, 15) is 9.90 Å². The van der Waals surface area contributed by atoms with Gasteiger partial charge in [-0.2, -0.15) is 5.26 Å². The van der Waals surface area contributed by atoms with Gasteiger partial charge in [-0.05, 0) is 6.07 Å². The van der Waals surface area contributed by atoms with Crippen LogP contribution in [-0.2, 0) is 0 Å². The van der Waals surface area contributed by atoms with Crippen molar-refractivity contribution in [3.05, 3.63) is 34.4 Å². The number of phenolic OH excluding ortho intramolecular Hbond substituents is 1. The molecule has 0 atom stereocenters. The van der Waals surface area contributed by atoms with Gasteiger partial charge in [-0.25, -0.2) is 4.79 Å². The Bertz CT molecular complexity index is 651. The zero-order valence-electron chi connectivity index (χ0n) is 8.35. The van der Waals surface area contributed by atoms with Gasteiger partial charge in [-0.1, -0.05) is 0 Å². The van der Waals surface area contributed by atoms with Gasteiger partial charge in [0.1, 0.15) is 23.0 Å². The van der Waals surface area contributed by atoms with Crippen LogP contribution >= 0.6 is 0 Å². The molecule has 1 aromatic heterocycles. The van der Waals surface area contributed by atoms with Gasteiger partial charge in [0.2, 0.25) is 5.76 Å². The lowest BCUT2D eigenvalue weighted by molar-refractivity contribution is 0.408. The van der Waals surface area contributed by atoms with Gasteiger partial charge in [-0.15, -0.1) is 0 Å². The minimum Gasteiger partial charge on any atom is -0.507 e. The maximum atomic E-state index is 11.5. The molecule has 0 aliphatic rings. The topological polar surface area (TPSA) is 83.5 Å². The largest absolute Gasteiger partial charge is 0.507 e. The minimum absolute atomic E-state index is 0.0415. The van der Waals surface area contributed by atoms with Crippen molar-refractivity contribution in [1.82, 2.24) is 0 Å². The lowest BCUT2D eigenvalue weighted by Crippen LogP contribution is -2.01. The molecule has 2 rings (SSSR count). The van der Waals surface area contributed by atoms with Crippen molar-refractivity contribution >= 4 is 10.8 Å². The standard InChI is InChI=1S/C11H7NO4/c1-15-7-2-6-3-8(5-12)16-11(14)10(6)9(13)4-7/h2-4,13H,1H3. The Morgan fingerprint density at radius 3 is 2.81 bits per heavy atom. The summed E-state index contributed by atoms with van der Waals surface area (Å²) in [6, 6.07) is 5.96. The van der Waals surface area contributed by atoms with Crippen molar-refractivity contribution < 1.29 is 14.3 Å². The number of hydrogen-bond donors (Lipinski definition) is 1. The molecule has 0 unspecified atom stereocenters. The van der Waals surface area contributed by atoms with Crippen LogP contribution in [-0.4, -0.2) is 12.2 Å². The average molecular weight is 217 g/mol. The molecular formula is C11H7NO4. The summed E-state index contributed by atoms with van der Waals surface area (Å²) in [5, 5.41) is 18.7. The monoisotopic (exact) mass is 217 g/mol. The summed E-state index contributed by atoms with van der Waals surface area (Å²) in [6.45, 7) is 0. The van der Waals surface area contributed by atoms with Crippen molar-refractivity contribution in [2.75, 3.05) is 7.11 Å². The van der Waals surface area contributed by atoms with Crippen LogP contribution in [0.3, 0.4) is 0 Å². The Kier molecular flexibility index (Phi) is 2.25. The van der Waals surface area contributed by atoms with E-state index in [1.54, 1.807) is 12.1 Å². The molecule has 0 spiro atoms. The number of phenols is 1. The fourth-order valence-corrected chi connectivity index (χ4v) is 1.45. The van der Waals surface area contributed by atoms with Crippen molar-refractivity contribution in [3.8, 4) is 17.6 Å². The molecule has 0 saturated heterocycles. The van der Waals surface area contributed by atoms with Gasteiger partial charge < -0.3 is 14.3 Å². The van der Waals surface area contributed by atoms with E-state index >= 15 is 0 Å². The van der Waals surface area contributed by atoms with E-state index in [0.29, 0.717) is 11.1 Å². The zero-order valence-corrected chi connectivity index (χ0v) is 8.35. The highest BCUT2D eigenvalue weighted by atomic mass is 16.5. The second-order valence-electron chi connectivity index (χ2n) is 3.12. The van der Waals surface area contributed by atoms with Crippen LogP contribution in [0.15, 0.2) is 27.4 Å². The Balaban J connectivity index is 2.91. The molecule has 16 heavy (non-hydrogen) atoms. The first kappa shape index (κ1) is 10.1. The molecular weight excluding hydrogens is 210 g/mol. The molecule has 5 heteroatoms. The van der Waals surface area contributed by atoms with Crippen molar-refractivity contribution in [2.24, 2.45) is 0 Å². The summed E-state index contributed by atoms with van der Waals surface area (Å²) in [6.07, 6.45) is 0. The molecule has 0 radical (unpaired) electrons. The molecule has 0 amide bonds. The second kappa shape index (κ2) is 3.59. The summed E-state index contributed by atoms with van der Waals surface area (Å²) < 4.78 is 9.62. The van der Waals surface area contributed by atoms with Crippen LogP contribution in [0.1, 0.15) is 5.76 Å². The van der Waals surface area contributed by atoms with Crippen LogP contribution < -0.4 is 10.4 Å². The quantitative estimate of drug-likeness (QED) is 0.780. The van der Waals surface area contributed by atoms with Crippen LogP contribution in [0.25, 0.3) is 10.8 Å². The van der Waals surface area contributed by atoms with E-state index in [4.69, 9.17) is 10.00 Å². The lowest BCUT2D eigenvalue weighted by Gasteiger charge is -2.03. The summed E-state index contributed by atoms with van der Waals surface area (Å²) >= 11 is 0. The predicted molar refractivity (Wildman–Crippen MR) is 55.4 cm³/mol. The molecule has 5 nitrogen and oxygen atoms in total. The number of fused-ring (bicyclic) bond motifs is 1. The number of ether oxygens (including phenoxy) is 1. The summed E-state index contributed by atoms with van der Waals surface area (Å²) in [5.74, 6) is 0.0669. The fraction of sp³-hybridized carbons (Fsp3) is 0.0909. The van der Waals surface area contributed by atoms with E-state index in [-0.39, 0.29) is 16.9 Å². The average Bonchev–Trinajstić information content (AvgIpc) is 2.27. The van der Waals surface area contributed by atoms with Crippen molar-refractivity contribution in [3.63, 3.8) is 0 Å². The Labute approximate surface area is 90.1 Å². The summed E-state index contributed by atoms with van der Waals surface area (Å²) in [4.78, 5) is 11.5. The number of rotatable bonds is 1. The molecule has 0 aliphatic carbocycles. The van der Waals surface area contributed by atoms with Gasteiger partial charge in [0, 0.05) is 17.5 Å². The first-order valence-corrected chi connectivity index (χ1v) is 4.40. The van der Waals surface area contributed by atoms with E-state index in [1.165, 1.54) is 19.2 Å². The molecule has 0 fully saturated rings. The predicted octanol–water partition coefficient (Wildman–Crippen LogP) is 1.38. The van der Waals surface area contributed by atoms with Gasteiger partial charge >= 0.3 is 5.63 Å². The fourth-order valence-electron chi connectivity index (χ4n) is 1.45. The zero-order chi connectivity index (χ0) is 11.7. The van der Waals surface area contributed by atoms with E-state index in [0.717, 1.165) is 0 Å². The number of nitriles is 1. The van der Waals surface area contributed by atoms with Crippen LogP contribution in [0.2, 0.25) is 0 Å². The molecule has 80 valence electrons. The molecule has 1 heterocycles. The van der Waals surface area contributed by atoms with Gasteiger partial charge in [0.25, 0.3) is 0 Å². The molecule has 2 aromatic rings. The first-order valence-electron chi connectivity index (χ1n) is 4.40. The lowest BCUT2D eigenvalue weighted by atomic mass is 10.1. The third-order valence-electron chi connectivity index (χ3n) is 2.16. The third-order valence-corrected chi connectivity index (χ3v) is 2.16. The van der Waals surface area contributed by atoms with Crippen LogP contribution in [0.5, 0.6) is 11.5 Å². The van der Waals surface area contributed by atoms with Crippen molar-refractivity contribution in [2.45, 2.75) is 0 Å². The third kappa shape index (κ3) is 1.46. The minimum atomic E-state index is -0.741. The van der Waals surface area contributed by atoms with Crippen LogP contribution in [0.4, 0.5) is 0 Å². The Morgan fingerprint density at radius 1 is 1.44 bits per heavy atom. The van der Waals surface area contributed by atoms with Crippen LogP contribution in [0, 0.1) is 11.3 Å². The molecule has 0 saturated carbocycles. The van der Waals surface area contributed by atoms with Gasteiger partial charge in [0.15, 0.2) is 0 Å². The molecule has 1 N–H and O–H groups in total. The first-order chi connectivity index (χ1) is 7.65. The number of hydrogen-bond acceptors (Lipinski definition) is 5. The smallest absolute Gasteiger partial charge is 0.348 e.